The average molecular weight is 681 g/mol. The van der Waals surface area contributed by atoms with E-state index >= 15 is 4.39 Å². The molecule has 9 nitrogen and oxygen atoms in total. The molecule has 4 aliphatic rings. The second-order valence-electron chi connectivity index (χ2n) is 13.3. The minimum Gasteiger partial charge on any atom is -0.489 e. The van der Waals surface area contributed by atoms with E-state index in [2.05, 4.69) is 10.3 Å². The summed E-state index contributed by atoms with van der Waals surface area (Å²) in [4.78, 5) is 35.8. The molecule has 1 unspecified atom stereocenters. The maximum Gasteiger partial charge on any atom is 0.251 e. The normalized spacial score (nSPS) is 21.6. The van der Waals surface area contributed by atoms with Crippen molar-refractivity contribution in [3.63, 3.8) is 0 Å². The molecule has 0 bridgehead atoms. The van der Waals surface area contributed by atoms with E-state index in [0.29, 0.717) is 35.6 Å². The van der Waals surface area contributed by atoms with Gasteiger partial charge in [0.1, 0.15) is 51.2 Å². The Hall–Kier alpha value is -3.87. The van der Waals surface area contributed by atoms with Crippen molar-refractivity contribution in [1.82, 2.24) is 15.3 Å². The molecule has 2 aromatic carbocycles. The highest BCUT2D eigenvalue weighted by Crippen LogP contribution is 2.51. The number of hydrogen-bond donors (Lipinski definition) is 3. The van der Waals surface area contributed by atoms with Crippen LogP contribution in [-0.4, -0.2) is 46.1 Å². The number of aliphatic hydroxyl groups is 1. The molecule has 3 heterocycles. The molecule has 4 N–H and O–H groups in total. The number of pyridine rings is 1. The van der Waals surface area contributed by atoms with Crippen molar-refractivity contribution in [2.24, 2.45) is 11.7 Å². The van der Waals surface area contributed by atoms with Gasteiger partial charge < -0.3 is 25.6 Å². The molecule has 1 aliphatic heterocycles. The quantitative estimate of drug-likeness (QED) is 0.178. The number of aromatic nitrogens is 2. The van der Waals surface area contributed by atoms with Gasteiger partial charge in [0.25, 0.3) is 5.91 Å². The number of nitrogens with one attached hydrogen (secondary N) is 1. The van der Waals surface area contributed by atoms with Crippen LogP contribution < -0.4 is 20.5 Å². The van der Waals surface area contributed by atoms with Gasteiger partial charge in [0, 0.05) is 22.6 Å². The number of benzene rings is 2. The van der Waals surface area contributed by atoms with Crippen molar-refractivity contribution in [1.29, 1.82) is 0 Å². The first-order chi connectivity index (χ1) is 22.5. The fraction of sp³-hybridized carbons (Fsp3) is 0.412. The molecule has 0 radical (unpaired) electrons. The Kier molecular flexibility index (Phi) is 7.02. The predicted molar refractivity (Wildman–Crippen MR) is 171 cm³/mol. The summed E-state index contributed by atoms with van der Waals surface area (Å²) in [6.07, 6.45) is 5.53. The summed E-state index contributed by atoms with van der Waals surface area (Å²) >= 11 is 7.49. The van der Waals surface area contributed by atoms with Gasteiger partial charge in [-0.05, 0) is 81.7 Å². The van der Waals surface area contributed by atoms with Crippen molar-refractivity contribution in [2.75, 3.05) is 13.2 Å². The molecule has 13 heteroatoms. The number of nitrogens with zero attached hydrogens (tertiary/aromatic N) is 2. The largest absolute Gasteiger partial charge is 0.489 e. The molecular formula is C34H31ClF2N4O5S. The summed E-state index contributed by atoms with van der Waals surface area (Å²) in [6, 6.07) is 7.22. The van der Waals surface area contributed by atoms with E-state index in [-0.39, 0.29) is 47.9 Å². The zero-order valence-corrected chi connectivity index (χ0v) is 26.9. The first-order valence-corrected chi connectivity index (χ1v) is 16.9. The first kappa shape index (κ1) is 30.5. The molecule has 8 rings (SSSR count). The summed E-state index contributed by atoms with van der Waals surface area (Å²) in [6.45, 7) is 1.22. The van der Waals surface area contributed by atoms with Crippen molar-refractivity contribution in [3.05, 3.63) is 68.8 Å². The van der Waals surface area contributed by atoms with Gasteiger partial charge in [-0.25, -0.2) is 18.7 Å². The summed E-state index contributed by atoms with van der Waals surface area (Å²) in [5.74, 6) is -2.29. The third-order valence-electron chi connectivity index (χ3n) is 9.60. The monoisotopic (exact) mass is 680 g/mol. The topological polar surface area (TPSA) is 137 Å². The van der Waals surface area contributed by atoms with Crippen LogP contribution in [0.25, 0.3) is 21.5 Å². The van der Waals surface area contributed by atoms with Crippen LogP contribution >= 0.6 is 22.9 Å². The Morgan fingerprint density at radius 3 is 2.62 bits per heavy atom. The fourth-order valence-electron chi connectivity index (χ4n) is 6.13. The third kappa shape index (κ3) is 5.21. The zero-order chi connectivity index (χ0) is 32.8. The van der Waals surface area contributed by atoms with Gasteiger partial charge in [-0.1, -0.05) is 11.6 Å². The van der Waals surface area contributed by atoms with Gasteiger partial charge in [-0.3, -0.25) is 9.59 Å². The van der Waals surface area contributed by atoms with E-state index in [0.717, 1.165) is 47.0 Å². The lowest BCUT2D eigenvalue weighted by Gasteiger charge is -2.30. The van der Waals surface area contributed by atoms with E-state index in [1.165, 1.54) is 12.1 Å². The number of primary amides is 1. The lowest BCUT2D eigenvalue weighted by atomic mass is 9.81. The maximum absolute atomic E-state index is 15.4. The summed E-state index contributed by atoms with van der Waals surface area (Å²) in [5.41, 5.74) is 4.07. The number of hydrogen-bond acceptors (Lipinski definition) is 8. The molecule has 2 atom stereocenters. The van der Waals surface area contributed by atoms with Gasteiger partial charge in [-0.15, -0.1) is 11.3 Å². The van der Waals surface area contributed by atoms with Crippen LogP contribution in [0.2, 0.25) is 5.02 Å². The SMILES string of the molecule is C[C@]1(C(N)=O)COc2c1cc(C(O)(CNC(=O)c1cc(OC3CC3)c3nc(C4CC4)sc3c1)C1CC1)nc2-c1ccc(F)c(Cl)c1F. The molecular weight excluding hydrogens is 650 g/mol. The predicted octanol–water partition coefficient (Wildman–Crippen LogP) is 5.87. The van der Waals surface area contributed by atoms with E-state index < -0.39 is 39.5 Å². The molecule has 2 aromatic heterocycles. The van der Waals surface area contributed by atoms with E-state index in [4.69, 9.17) is 31.8 Å². The third-order valence-corrected chi connectivity index (χ3v) is 11.1. The Morgan fingerprint density at radius 1 is 1.17 bits per heavy atom. The maximum atomic E-state index is 15.4. The molecule has 4 aromatic rings. The molecule has 3 fully saturated rings. The van der Waals surface area contributed by atoms with Crippen LogP contribution in [-0.2, 0) is 15.8 Å². The number of thiazole rings is 1. The highest BCUT2D eigenvalue weighted by atomic mass is 35.5. The number of ether oxygens (including phenoxy) is 2. The summed E-state index contributed by atoms with van der Waals surface area (Å²) in [5, 5.41) is 15.5. The van der Waals surface area contributed by atoms with Crippen LogP contribution in [0, 0.1) is 17.6 Å². The van der Waals surface area contributed by atoms with Gasteiger partial charge in [0.15, 0.2) is 5.82 Å². The zero-order valence-electron chi connectivity index (χ0n) is 25.4. The Balaban J connectivity index is 1.17. The lowest BCUT2D eigenvalue weighted by Crippen LogP contribution is -2.44. The van der Waals surface area contributed by atoms with Crippen molar-refractivity contribution in [2.45, 2.75) is 68.5 Å². The molecule has 3 aliphatic carbocycles. The Labute approximate surface area is 277 Å². The van der Waals surface area contributed by atoms with Crippen LogP contribution in [0.5, 0.6) is 11.5 Å². The summed E-state index contributed by atoms with van der Waals surface area (Å²) in [7, 11) is 0. The average Bonchev–Trinajstić information content (AvgIpc) is 3.93. The van der Waals surface area contributed by atoms with E-state index in [9.17, 15) is 19.1 Å². The number of halogens is 3. The second-order valence-corrected chi connectivity index (χ2v) is 14.7. The second kappa shape index (κ2) is 10.8. The van der Waals surface area contributed by atoms with Crippen LogP contribution in [0.4, 0.5) is 8.78 Å². The fourth-order valence-corrected chi connectivity index (χ4v) is 7.49. The van der Waals surface area contributed by atoms with Gasteiger partial charge in [0.2, 0.25) is 5.91 Å². The highest BCUT2D eigenvalue weighted by molar-refractivity contribution is 7.18. The molecule has 244 valence electrons. The van der Waals surface area contributed by atoms with Crippen LogP contribution in [0.15, 0.2) is 30.3 Å². The minimum absolute atomic E-state index is 0.0590. The van der Waals surface area contributed by atoms with E-state index in [1.54, 1.807) is 30.4 Å². The minimum atomic E-state index is -1.71. The van der Waals surface area contributed by atoms with Crippen LogP contribution in [0.1, 0.15) is 78.0 Å². The Bertz CT molecular complexity index is 1990. The number of carbonyl (C=O) groups is 2. The van der Waals surface area contributed by atoms with Crippen molar-refractivity contribution >= 4 is 45.0 Å². The Morgan fingerprint density at radius 2 is 1.94 bits per heavy atom. The highest BCUT2D eigenvalue weighted by Gasteiger charge is 2.50. The number of rotatable bonds is 10. The number of fused-ring (bicyclic) bond motifs is 2. The molecule has 47 heavy (non-hydrogen) atoms. The van der Waals surface area contributed by atoms with E-state index in [1.807, 2.05) is 0 Å². The standard InChI is InChI=1S/C34H31ClF2N4O5S/c1-33(32(38)43)14-45-29-20(33)12-24(40-27(29)19-8-9-21(36)25(35)26(19)37)34(44,17-4-5-17)13-39-30(42)16-10-22(46-18-6-7-18)28-23(11-16)47-31(41-28)15-2-3-15/h8-12,15,17-18,44H,2-7,13-14H2,1H3,(H2,38,43)(H,39,42)/t33-,34?/m0/s1. The smallest absolute Gasteiger partial charge is 0.251 e. The van der Waals surface area contributed by atoms with Gasteiger partial charge >= 0.3 is 0 Å². The molecule has 2 amide bonds. The molecule has 3 saturated carbocycles. The summed E-state index contributed by atoms with van der Waals surface area (Å²) < 4.78 is 42.4. The molecule has 0 spiro atoms. The number of carbonyl (C=O) groups excluding carboxylic acids is 2. The number of amides is 2. The lowest BCUT2D eigenvalue weighted by molar-refractivity contribution is -0.123. The van der Waals surface area contributed by atoms with Crippen molar-refractivity contribution in [3.8, 4) is 22.8 Å². The van der Waals surface area contributed by atoms with Crippen LogP contribution in [0.3, 0.4) is 0 Å². The number of nitrogens with two attached hydrogens (primary N) is 1. The first-order valence-electron chi connectivity index (χ1n) is 15.7. The van der Waals surface area contributed by atoms with Crippen molar-refractivity contribution < 1.29 is 33.0 Å². The van der Waals surface area contributed by atoms with Gasteiger partial charge in [0.05, 0.1) is 28.1 Å². The van der Waals surface area contributed by atoms with Gasteiger partial charge in [-0.2, -0.15) is 0 Å². The molecule has 0 saturated heterocycles.